The number of nitrogen functional groups attached to an aromatic ring is 1. The fraction of sp³-hybridized carbons (Fsp3) is 0.0952. The van der Waals surface area contributed by atoms with E-state index in [9.17, 15) is 0 Å². The Morgan fingerprint density at radius 3 is 2.74 bits per heavy atom. The number of aryl methyl sites for hydroxylation is 2. The lowest BCUT2D eigenvalue weighted by molar-refractivity contribution is 0.970. The molecule has 0 unspecified atom stereocenters. The van der Waals surface area contributed by atoms with Crippen molar-refractivity contribution in [1.29, 1.82) is 0 Å². The average Bonchev–Trinajstić information content (AvgIpc) is 2.97. The van der Waals surface area contributed by atoms with Crippen LogP contribution in [0.3, 0.4) is 0 Å². The molecule has 0 radical (unpaired) electrons. The summed E-state index contributed by atoms with van der Waals surface area (Å²) in [5, 5.41) is 2.18. The van der Waals surface area contributed by atoms with Gasteiger partial charge in [-0.05, 0) is 64.8 Å². The van der Waals surface area contributed by atoms with Crippen LogP contribution < -0.4 is 5.73 Å². The zero-order chi connectivity index (χ0) is 15.6. The van der Waals surface area contributed by atoms with Gasteiger partial charge in [0.05, 0.1) is 0 Å². The molecule has 0 atom stereocenters. The van der Waals surface area contributed by atoms with Crippen molar-refractivity contribution >= 4 is 28.7 Å². The van der Waals surface area contributed by atoms with E-state index in [1.165, 1.54) is 27.1 Å². The Morgan fingerprint density at radius 1 is 0.957 bits per heavy atom. The first-order valence-corrected chi connectivity index (χ1v) is 8.66. The summed E-state index contributed by atoms with van der Waals surface area (Å²) in [6, 6.07) is 18.8. The molecular formula is C21H17NS. The van der Waals surface area contributed by atoms with Crippen molar-refractivity contribution in [3.8, 4) is 0 Å². The average molecular weight is 315 g/mol. The van der Waals surface area contributed by atoms with Crippen LogP contribution in [0.25, 0.3) is 11.6 Å². The second-order valence-corrected chi connectivity index (χ2v) is 6.68. The van der Waals surface area contributed by atoms with Crippen LogP contribution in [-0.4, -0.2) is 0 Å². The molecule has 0 bridgehead atoms. The third-order valence-corrected chi connectivity index (χ3v) is 5.19. The normalized spacial score (nSPS) is 12.8. The Hall–Kier alpha value is -2.54. The smallest absolute Gasteiger partial charge is 0.0458 e. The molecule has 112 valence electrons. The van der Waals surface area contributed by atoms with E-state index in [1.807, 2.05) is 24.3 Å². The molecule has 1 aliphatic carbocycles. The number of nitrogens with two attached hydrogens (primary N) is 1. The van der Waals surface area contributed by atoms with Crippen molar-refractivity contribution in [2.45, 2.75) is 12.8 Å². The summed E-state index contributed by atoms with van der Waals surface area (Å²) in [5.41, 5.74) is 16.6. The van der Waals surface area contributed by atoms with Crippen molar-refractivity contribution in [2.24, 2.45) is 0 Å². The second-order valence-electron chi connectivity index (χ2n) is 5.77. The fourth-order valence-corrected chi connectivity index (χ4v) is 4.05. The van der Waals surface area contributed by atoms with Gasteiger partial charge >= 0.3 is 0 Å². The van der Waals surface area contributed by atoms with Crippen LogP contribution >= 0.6 is 11.3 Å². The molecule has 1 heterocycles. The highest BCUT2D eigenvalue weighted by molar-refractivity contribution is 7.11. The summed E-state index contributed by atoms with van der Waals surface area (Å²) in [5.74, 6) is 0. The predicted octanol–water partition coefficient (Wildman–Crippen LogP) is 5.17. The molecule has 2 N–H and O–H groups in total. The summed E-state index contributed by atoms with van der Waals surface area (Å²) in [6.45, 7) is 0. The van der Waals surface area contributed by atoms with Gasteiger partial charge in [0.15, 0.2) is 0 Å². The Kier molecular flexibility index (Phi) is 3.63. The van der Waals surface area contributed by atoms with E-state index in [0.29, 0.717) is 0 Å². The van der Waals surface area contributed by atoms with E-state index in [4.69, 9.17) is 5.73 Å². The minimum absolute atomic E-state index is 0.781. The lowest BCUT2D eigenvalue weighted by Gasteiger charge is -2.06. The monoisotopic (exact) mass is 315 g/mol. The van der Waals surface area contributed by atoms with E-state index >= 15 is 0 Å². The number of thiophene rings is 1. The summed E-state index contributed by atoms with van der Waals surface area (Å²) in [7, 11) is 0. The van der Waals surface area contributed by atoms with Gasteiger partial charge in [0.1, 0.15) is 0 Å². The van der Waals surface area contributed by atoms with Crippen LogP contribution in [0.4, 0.5) is 5.69 Å². The van der Waals surface area contributed by atoms with Gasteiger partial charge in [-0.1, -0.05) is 36.4 Å². The molecule has 4 rings (SSSR count). The Balaban J connectivity index is 1.92. The van der Waals surface area contributed by atoms with Crippen LogP contribution in [0.1, 0.15) is 27.1 Å². The van der Waals surface area contributed by atoms with Gasteiger partial charge in [-0.3, -0.25) is 0 Å². The summed E-state index contributed by atoms with van der Waals surface area (Å²) < 4.78 is 0. The molecule has 23 heavy (non-hydrogen) atoms. The number of anilines is 1. The van der Waals surface area contributed by atoms with Crippen LogP contribution in [0.5, 0.6) is 0 Å². The lowest BCUT2D eigenvalue weighted by Crippen LogP contribution is -1.90. The summed E-state index contributed by atoms with van der Waals surface area (Å²) >= 11 is 1.80. The Labute approximate surface area is 140 Å². The molecule has 0 amide bonds. The molecule has 1 aromatic heterocycles. The standard InChI is InChI=1S/C21H17NS/c22-18-6-3-4-15(14-18)8-11-20-19-7-2-1-5-16(19)9-10-17-12-13-23-21(17)20/h1-8,12-14H,9-10,22H2. The molecule has 2 heteroatoms. The van der Waals surface area contributed by atoms with E-state index in [0.717, 1.165) is 24.1 Å². The van der Waals surface area contributed by atoms with Crippen LogP contribution in [0, 0.1) is 0 Å². The highest BCUT2D eigenvalue weighted by Gasteiger charge is 2.18. The molecule has 2 aromatic carbocycles. The Morgan fingerprint density at radius 2 is 1.83 bits per heavy atom. The van der Waals surface area contributed by atoms with Crippen molar-refractivity contribution < 1.29 is 0 Å². The first kappa shape index (κ1) is 14.1. The van der Waals surface area contributed by atoms with E-state index in [-0.39, 0.29) is 0 Å². The molecule has 0 saturated carbocycles. The fourth-order valence-electron chi connectivity index (χ4n) is 3.07. The number of hydrogen-bond acceptors (Lipinski definition) is 2. The minimum Gasteiger partial charge on any atom is -0.399 e. The quantitative estimate of drug-likeness (QED) is 0.486. The number of rotatable bonds is 1. The Bertz CT molecular complexity index is 926. The van der Waals surface area contributed by atoms with Crippen molar-refractivity contribution in [3.05, 3.63) is 92.8 Å². The molecule has 0 aliphatic heterocycles. The first-order valence-electron chi connectivity index (χ1n) is 7.78. The lowest BCUT2D eigenvalue weighted by atomic mass is 9.99. The van der Waals surface area contributed by atoms with Crippen LogP contribution in [0.15, 0.2) is 65.7 Å². The van der Waals surface area contributed by atoms with Gasteiger partial charge in [-0.2, -0.15) is 0 Å². The SMILES string of the molecule is Nc1cccc(C=C=C2c3ccccc3CCc3ccsc32)c1. The van der Waals surface area contributed by atoms with Gasteiger partial charge in [0, 0.05) is 16.1 Å². The van der Waals surface area contributed by atoms with Gasteiger partial charge in [0.25, 0.3) is 0 Å². The number of hydrogen-bond donors (Lipinski definition) is 1. The first-order chi connectivity index (χ1) is 11.3. The third-order valence-electron chi connectivity index (χ3n) is 4.22. The molecule has 0 saturated heterocycles. The van der Waals surface area contributed by atoms with Crippen molar-refractivity contribution in [3.63, 3.8) is 0 Å². The predicted molar refractivity (Wildman–Crippen MR) is 99.5 cm³/mol. The summed E-state index contributed by atoms with van der Waals surface area (Å²) in [4.78, 5) is 1.34. The third kappa shape index (κ3) is 2.75. The highest BCUT2D eigenvalue weighted by atomic mass is 32.1. The molecule has 3 aromatic rings. The van der Waals surface area contributed by atoms with E-state index in [2.05, 4.69) is 47.5 Å². The zero-order valence-corrected chi connectivity index (χ0v) is 13.6. The molecular weight excluding hydrogens is 298 g/mol. The molecule has 1 nitrogen and oxygen atoms in total. The maximum absolute atomic E-state index is 5.88. The molecule has 1 aliphatic rings. The second kappa shape index (κ2) is 5.92. The topological polar surface area (TPSA) is 26.0 Å². The van der Waals surface area contributed by atoms with E-state index < -0.39 is 0 Å². The number of fused-ring (bicyclic) bond motifs is 2. The minimum atomic E-state index is 0.781. The highest BCUT2D eigenvalue weighted by Crippen LogP contribution is 2.36. The molecule has 0 spiro atoms. The van der Waals surface area contributed by atoms with Gasteiger partial charge in [0.2, 0.25) is 0 Å². The summed E-state index contributed by atoms with van der Waals surface area (Å²) in [6.07, 6.45) is 4.22. The molecule has 0 fully saturated rings. The van der Waals surface area contributed by atoms with Crippen LogP contribution in [-0.2, 0) is 12.8 Å². The van der Waals surface area contributed by atoms with Gasteiger partial charge < -0.3 is 5.73 Å². The largest absolute Gasteiger partial charge is 0.399 e. The maximum atomic E-state index is 5.88. The number of benzene rings is 2. The van der Waals surface area contributed by atoms with E-state index in [1.54, 1.807) is 11.3 Å². The zero-order valence-electron chi connectivity index (χ0n) is 12.8. The van der Waals surface area contributed by atoms with Crippen molar-refractivity contribution in [1.82, 2.24) is 0 Å². The maximum Gasteiger partial charge on any atom is 0.0458 e. The van der Waals surface area contributed by atoms with Crippen molar-refractivity contribution in [2.75, 3.05) is 5.73 Å². The van der Waals surface area contributed by atoms with Gasteiger partial charge in [-0.15, -0.1) is 17.1 Å². The van der Waals surface area contributed by atoms with Crippen LogP contribution in [0.2, 0.25) is 0 Å². The van der Waals surface area contributed by atoms with Gasteiger partial charge in [-0.25, -0.2) is 0 Å².